The van der Waals surface area contributed by atoms with Crippen molar-refractivity contribution in [3.8, 4) is 0 Å². The molecule has 18 heavy (non-hydrogen) atoms. The highest BCUT2D eigenvalue weighted by Gasteiger charge is 2.31. The average Bonchev–Trinajstić information content (AvgIpc) is 2.67. The number of aromatic nitrogens is 2. The molecule has 0 aliphatic rings. The molecule has 0 fully saturated rings. The third-order valence-corrected chi connectivity index (χ3v) is 2.50. The molecule has 0 spiro atoms. The van der Waals surface area contributed by atoms with E-state index in [-0.39, 0.29) is 12.8 Å². The molecule has 0 atom stereocenters. The van der Waals surface area contributed by atoms with Gasteiger partial charge >= 0.3 is 12.1 Å². The van der Waals surface area contributed by atoms with Crippen LogP contribution >= 0.6 is 0 Å². The minimum absolute atomic E-state index is 0.137. The van der Waals surface area contributed by atoms with E-state index in [1.807, 2.05) is 0 Å². The molecule has 96 valence electrons. The van der Waals surface area contributed by atoms with E-state index in [9.17, 15) is 18.0 Å². The van der Waals surface area contributed by atoms with Gasteiger partial charge in [0.05, 0.1) is 12.0 Å². The Morgan fingerprint density at radius 3 is 2.72 bits per heavy atom. The lowest BCUT2D eigenvalue weighted by atomic mass is 10.2. The van der Waals surface area contributed by atoms with E-state index < -0.39 is 17.7 Å². The second kappa shape index (κ2) is 4.32. The molecule has 2 aromatic heterocycles. The molecule has 0 radical (unpaired) electrons. The lowest BCUT2D eigenvalue weighted by molar-refractivity contribution is -0.138. The number of imidazole rings is 1. The fraction of sp³-hybridized carbons (Fsp3) is 0.273. The molecule has 0 amide bonds. The van der Waals surface area contributed by atoms with Gasteiger partial charge in [-0.25, -0.2) is 4.98 Å². The molecule has 2 aromatic rings. The van der Waals surface area contributed by atoms with Crippen LogP contribution in [0, 0.1) is 0 Å². The number of aliphatic carboxylic acids is 1. The summed E-state index contributed by atoms with van der Waals surface area (Å²) in [5.41, 5.74) is 0.0199. The number of alkyl halides is 3. The molecule has 2 heterocycles. The molecular formula is C11H9F3N2O2. The van der Waals surface area contributed by atoms with Crippen LogP contribution in [-0.2, 0) is 17.4 Å². The normalized spacial score (nSPS) is 11.9. The lowest BCUT2D eigenvalue weighted by Crippen LogP contribution is -2.07. The average molecular weight is 258 g/mol. The second-order valence-electron chi connectivity index (χ2n) is 3.79. The maximum Gasteiger partial charge on any atom is 0.417 e. The summed E-state index contributed by atoms with van der Waals surface area (Å²) >= 11 is 0. The first-order chi connectivity index (χ1) is 8.38. The molecule has 7 heteroatoms. The van der Waals surface area contributed by atoms with E-state index in [4.69, 9.17) is 5.11 Å². The highest BCUT2D eigenvalue weighted by molar-refractivity contribution is 5.67. The summed E-state index contributed by atoms with van der Waals surface area (Å²) in [4.78, 5) is 14.4. The van der Waals surface area contributed by atoms with Gasteiger partial charge in [0, 0.05) is 24.5 Å². The number of rotatable bonds is 3. The number of hydrogen-bond acceptors (Lipinski definition) is 2. The van der Waals surface area contributed by atoms with Crippen LogP contribution in [0.4, 0.5) is 13.2 Å². The van der Waals surface area contributed by atoms with Gasteiger partial charge in [-0.05, 0) is 12.1 Å². The highest BCUT2D eigenvalue weighted by atomic mass is 19.4. The summed E-state index contributed by atoms with van der Waals surface area (Å²) in [5, 5.41) is 8.56. The topological polar surface area (TPSA) is 54.6 Å². The monoisotopic (exact) mass is 258 g/mol. The molecule has 0 aromatic carbocycles. The Bertz CT molecular complexity index is 589. The number of carbonyl (C=O) groups is 1. The minimum Gasteiger partial charge on any atom is -0.481 e. The Hall–Kier alpha value is -2.05. The Balaban J connectivity index is 2.40. The summed E-state index contributed by atoms with van der Waals surface area (Å²) in [6.45, 7) is 0. The number of pyridine rings is 1. The molecule has 0 bridgehead atoms. The fourth-order valence-electron chi connectivity index (χ4n) is 1.62. The minimum atomic E-state index is -4.43. The molecule has 0 saturated heterocycles. The van der Waals surface area contributed by atoms with Crippen LogP contribution in [-0.4, -0.2) is 20.5 Å². The first-order valence-corrected chi connectivity index (χ1v) is 5.13. The van der Waals surface area contributed by atoms with E-state index in [0.29, 0.717) is 11.3 Å². The van der Waals surface area contributed by atoms with Crippen molar-refractivity contribution in [1.29, 1.82) is 0 Å². The summed E-state index contributed by atoms with van der Waals surface area (Å²) < 4.78 is 38.9. The predicted octanol–water partition coefficient (Wildman–Crippen LogP) is 2.37. The van der Waals surface area contributed by atoms with Crippen LogP contribution in [0.15, 0.2) is 24.5 Å². The zero-order valence-electron chi connectivity index (χ0n) is 9.11. The van der Waals surface area contributed by atoms with Crippen molar-refractivity contribution in [1.82, 2.24) is 9.38 Å². The van der Waals surface area contributed by atoms with Crippen LogP contribution in [0.2, 0.25) is 0 Å². The van der Waals surface area contributed by atoms with Gasteiger partial charge in [-0.15, -0.1) is 0 Å². The maximum absolute atomic E-state index is 12.5. The zero-order chi connectivity index (χ0) is 13.3. The number of fused-ring (bicyclic) bond motifs is 1. The van der Waals surface area contributed by atoms with Crippen molar-refractivity contribution in [3.63, 3.8) is 0 Å². The summed E-state index contributed by atoms with van der Waals surface area (Å²) in [5.74, 6) is -1.00. The van der Waals surface area contributed by atoms with Crippen molar-refractivity contribution < 1.29 is 23.1 Å². The summed E-state index contributed by atoms with van der Waals surface area (Å²) in [6.07, 6.45) is -2.12. The van der Waals surface area contributed by atoms with E-state index >= 15 is 0 Å². The molecule has 0 unspecified atom stereocenters. The Morgan fingerprint density at radius 2 is 2.11 bits per heavy atom. The number of halogens is 3. The van der Waals surface area contributed by atoms with E-state index in [1.54, 1.807) is 0 Å². The lowest BCUT2D eigenvalue weighted by Gasteiger charge is -2.07. The number of aryl methyl sites for hydroxylation is 1. The molecule has 4 nitrogen and oxygen atoms in total. The third kappa shape index (κ3) is 2.44. The number of carboxylic acid groups (broad SMARTS) is 1. The van der Waals surface area contributed by atoms with Crippen molar-refractivity contribution in [2.75, 3.05) is 0 Å². The van der Waals surface area contributed by atoms with Gasteiger partial charge in [-0.3, -0.25) is 4.79 Å². The number of nitrogens with zero attached hydrogens (tertiary/aromatic N) is 2. The summed E-state index contributed by atoms with van der Waals surface area (Å²) in [7, 11) is 0. The molecule has 1 N–H and O–H groups in total. The molecule has 0 saturated carbocycles. The smallest absolute Gasteiger partial charge is 0.417 e. The standard InChI is InChI=1S/C11H9F3N2O2/c12-11(13,14)7-1-3-9-15-5-8(16(9)6-7)2-4-10(17)18/h1,3,5-6H,2,4H2,(H,17,18). The van der Waals surface area contributed by atoms with Crippen LogP contribution in [0.25, 0.3) is 5.65 Å². The fourth-order valence-corrected chi connectivity index (χ4v) is 1.62. The first-order valence-electron chi connectivity index (χ1n) is 5.13. The van der Waals surface area contributed by atoms with Crippen LogP contribution in [0.5, 0.6) is 0 Å². The quantitative estimate of drug-likeness (QED) is 0.919. The van der Waals surface area contributed by atoms with Crippen molar-refractivity contribution in [3.05, 3.63) is 35.8 Å². The number of hydrogen-bond donors (Lipinski definition) is 1. The Labute approximate surface area is 99.7 Å². The predicted molar refractivity (Wildman–Crippen MR) is 56.2 cm³/mol. The second-order valence-corrected chi connectivity index (χ2v) is 3.79. The van der Waals surface area contributed by atoms with Crippen molar-refractivity contribution in [2.24, 2.45) is 0 Å². The van der Waals surface area contributed by atoms with Gasteiger partial charge in [0.15, 0.2) is 0 Å². The largest absolute Gasteiger partial charge is 0.481 e. The number of carboxylic acids is 1. The van der Waals surface area contributed by atoms with Crippen molar-refractivity contribution >= 4 is 11.6 Å². The molecular weight excluding hydrogens is 249 g/mol. The first kappa shape index (κ1) is 12.4. The Kier molecular flexibility index (Phi) is 2.98. The van der Waals surface area contributed by atoms with Gasteiger partial charge < -0.3 is 9.51 Å². The van der Waals surface area contributed by atoms with Crippen LogP contribution < -0.4 is 0 Å². The SMILES string of the molecule is O=C(O)CCc1cnc2ccc(C(F)(F)F)cn12. The highest BCUT2D eigenvalue weighted by Crippen LogP contribution is 2.29. The van der Waals surface area contributed by atoms with Gasteiger partial charge in [0.25, 0.3) is 0 Å². The van der Waals surface area contributed by atoms with E-state index in [1.165, 1.54) is 16.7 Å². The van der Waals surface area contributed by atoms with Crippen LogP contribution in [0.1, 0.15) is 17.7 Å². The van der Waals surface area contributed by atoms with Gasteiger partial charge in [-0.1, -0.05) is 0 Å². The van der Waals surface area contributed by atoms with E-state index in [2.05, 4.69) is 4.98 Å². The Morgan fingerprint density at radius 1 is 1.39 bits per heavy atom. The third-order valence-electron chi connectivity index (χ3n) is 2.50. The zero-order valence-corrected chi connectivity index (χ0v) is 9.11. The molecule has 2 rings (SSSR count). The maximum atomic E-state index is 12.5. The summed E-state index contributed by atoms with van der Waals surface area (Å²) in [6, 6.07) is 2.20. The van der Waals surface area contributed by atoms with Gasteiger partial charge in [0.1, 0.15) is 5.65 Å². The van der Waals surface area contributed by atoms with Crippen LogP contribution in [0.3, 0.4) is 0 Å². The molecule has 0 aliphatic carbocycles. The van der Waals surface area contributed by atoms with Crippen molar-refractivity contribution in [2.45, 2.75) is 19.0 Å². The van der Waals surface area contributed by atoms with Gasteiger partial charge in [0.2, 0.25) is 0 Å². The molecule has 0 aliphatic heterocycles. The van der Waals surface area contributed by atoms with E-state index in [0.717, 1.165) is 12.3 Å². The van der Waals surface area contributed by atoms with Gasteiger partial charge in [-0.2, -0.15) is 13.2 Å².